The van der Waals surface area contributed by atoms with Gasteiger partial charge in [-0.25, -0.2) is 9.78 Å². The zero-order valence-corrected chi connectivity index (χ0v) is 7.37. The first kappa shape index (κ1) is 9.31. The van der Waals surface area contributed by atoms with Crippen LogP contribution in [-0.2, 0) is 4.74 Å². The van der Waals surface area contributed by atoms with Gasteiger partial charge in [0.2, 0.25) is 0 Å². The van der Waals surface area contributed by atoms with Crippen LogP contribution in [0.15, 0.2) is 6.07 Å². The maximum absolute atomic E-state index is 11.0. The fraction of sp³-hybridized carbons (Fsp3) is 0.250. The molecule has 0 aliphatic carbocycles. The van der Waals surface area contributed by atoms with E-state index < -0.39 is 5.97 Å². The summed E-state index contributed by atoms with van der Waals surface area (Å²) < 4.78 is 4.41. The molecule has 0 atom stereocenters. The van der Waals surface area contributed by atoms with E-state index in [1.807, 2.05) is 0 Å². The molecule has 70 valence electrons. The highest BCUT2D eigenvalue weighted by molar-refractivity contribution is 5.92. The van der Waals surface area contributed by atoms with Gasteiger partial charge in [-0.2, -0.15) is 0 Å². The zero-order chi connectivity index (χ0) is 10.0. The number of rotatable bonds is 1. The van der Waals surface area contributed by atoms with Crippen molar-refractivity contribution < 1.29 is 14.6 Å². The van der Waals surface area contributed by atoms with Gasteiger partial charge in [-0.05, 0) is 13.0 Å². The van der Waals surface area contributed by atoms with Gasteiger partial charge in [0.1, 0.15) is 0 Å². The van der Waals surface area contributed by atoms with Crippen LogP contribution in [0, 0.1) is 6.92 Å². The fourth-order valence-electron chi connectivity index (χ4n) is 0.931. The fourth-order valence-corrected chi connectivity index (χ4v) is 0.931. The first-order valence-electron chi connectivity index (χ1n) is 3.60. The number of pyridine rings is 1. The summed E-state index contributed by atoms with van der Waals surface area (Å²) in [6.45, 7) is 1.67. The molecule has 3 N–H and O–H groups in total. The smallest absolute Gasteiger partial charge is 0.360 e. The van der Waals surface area contributed by atoms with E-state index in [1.54, 1.807) is 6.92 Å². The zero-order valence-electron chi connectivity index (χ0n) is 7.37. The Bertz CT molecular complexity index is 349. The molecule has 5 heteroatoms. The lowest BCUT2D eigenvalue weighted by Crippen LogP contribution is -2.07. The number of ether oxygens (including phenoxy) is 1. The van der Waals surface area contributed by atoms with Crippen LogP contribution in [0.1, 0.15) is 16.2 Å². The predicted molar refractivity (Wildman–Crippen MR) is 46.4 cm³/mol. The highest BCUT2D eigenvalue weighted by Gasteiger charge is 2.16. The minimum atomic E-state index is -0.701. The number of carbonyl (C=O) groups is 1. The maximum Gasteiger partial charge on any atom is 0.360 e. The number of hydrogen-bond acceptors (Lipinski definition) is 5. The van der Waals surface area contributed by atoms with Gasteiger partial charge in [0.15, 0.2) is 11.4 Å². The van der Waals surface area contributed by atoms with Crippen molar-refractivity contribution in [2.75, 3.05) is 12.8 Å². The van der Waals surface area contributed by atoms with E-state index in [1.165, 1.54) is 13.2 Å². The summed E-state index contributed by atoms with van der Waals surface area (Å²) in [5, 5.41) is 9.34. The van der Waals surface area contributed by atoms with E-state index in [2.05, 4.69) is 9.72 Å². The number of nitrogens with two attached hydrogens (primary N) is 1. The number of nitrogen functional groups attached to an aromatic ring is 1. The van der Waals surface area contributed by atoms with Crippen LogP contribution in [0.5, 0.6) is 5.75 Å². The SMILES string of the molecule is COC(=O)c1nc(C)cc(N)c1O. The quantitative estimate of drug-likeness (QED) is 0.616. The lowest BCUT2D eigenvalue weighted by Gasteiger charge is -2.05. The van der Waals surface area contributed by atoms with E-state index >= 15 is 0 Å². The first-order chi connectivity index (χ1) is 6.06. The first-order valence-corrected chi connectivity index (χ1v) is 3.60. The van der Waals surface area contributed by atoms with E-state index in [4.69, 9.17) is 5.73 Å². The van der Waals surface area contributed by atoms with Crippen LogP contribution < -0.4 is 5.73 Å². The van der Waals surface area contributed by atoms with Crippen molar-refractivity contribution in [3.8, 4) is 5.75 Å². The van der Waals surface area contributed by atoms with Crippen molar-refractivity contribution in [1.29, 1.82) is 0 Å². The molecule has 0 aromatic carbocycles. The van der Waals surface area contributed by atoms with Crippen molar-refractivity contribution in [3.05, 3.63) is 17.5 Å². The second-order valence-electron chi connectivity index (χ2n) is 2.54. The predicted octanol–water partition coefficient (Wildman–Crippen LogP) is 0.464. The molecule has 1 aromatic heterocycles. The van der Waals surface area contributed by atoms with E-state index in [0.29, 0.717) is 5.69 Å². The van der Waals surface area contributed by atoms with Crippen molar-refractivity contribution in [1.82, 2.24) is 4.98 Å². The molecule has 0 bridgehead atoms. The summed E-state index contributed by atoms with van der Waals surface area (Å²) in [7, 11) is 1.21. The molecule has 0 radical (unpaired) electrons. The highest BCUT2D eigenvalue weighted by atomic mass is 16.5. The molecule has 13 heavy (non-hydrogen) atoms. The number of carbonyl (C=O) groups excluding carboxylic acids is 1. The number of anilines is 1. The Morgan fingerprint density at radius 2 is 2.31 bits per heavy atom. The number of aromatic hydroxyl groups is 1. The monoisotopic (exact) mass is 182 g/mol. The molecular formula is C8H10N2O3. The van der Waals surface area contributed by atoms with E-state index in [9.17, 15) is 9.90 Å². The lowest BCUT2D eigenvalue weighted by atomic mass is 10.2. The molecule has 0 saturated heterocycles. The summed E-state index contributed by atoms with van der Waals surface area (Å²) in [6, 6.07) is 1.47. The molecule has 0 spiro atoms. The summed E-state index contributed by atoms with van der Waals surface area (Å²) in [6.07, 6.45) is 0. The van der Waals surface area contributed by atoms with Crippen molar-refractivity contribution in [2.45, 2.75) is 6.92 Å². The Balaban J connectivity index is 3.28. The molecule has 1 heterocycles. The molecule has 0 fully saturated rings. The number of hydrogen-bond donors (Lipinski definition) is 2. The van der Waals surface area contributed by atoms with Crippen molar-refractivity contribution >= 4 is 11.7 Å². The molecule has 0 saturated carbocycles. The second-order valence-corrected chi connectivity index (χ2v) is 2.54. The number of nitrogens with zero attached hydrogens (tertiary/aromatic N) is 1. The van der Waals surface area contributed by atoms with Gasteiger partial charge in [0, 0.05) is 5.69 Å². The van der Waals surface area contributed by atoms with E-state index in [-0.39, 0.29) is 17.1 Å². The average molecular weight is 182 g/mol. The van der Waals surface area contributed by atoms with Crippen LogP contribution in [0.25, 0.3) is 0 Å². The van der Waals surface area contributed by atoms with Gasteiger partial charge < -0.3 is 15.6 Å². The Kier molecular flexibility index (Phi) is 2.36. The Morgan fingerprint density at radius 3 is 2.85 bits per heavy atom. The van der Waals surface area contributed by atoms with Gasteiger partial charge in [0.25, 0.3) is 0 Å². The van der Waals surface area contributed by atoms with Crippen molar-refractivity contribution in [2.24, 2.45) is 0 Å². The maximum atomic E-state index is 11.0. The molecule has 1 aromatic rings. The lowest BCUT2D eigenvalue weighted by molar-refractivity contribution is 0.0590. The van der Waals surface area contributed by atoms with Gasteiger partial charge >= 0.3 is 5.97 Å². The van der Waals surface area contributed by atoms with Gasteiger partial charge in [0.05, 0.1) is 12.8 Å². The molecule has 0 aliphatic rings. The van der Waals surface area contributed by atoms with Crippen molar-refractivity contribution in [3.63, 3.8) is 0 Å². The standard InChI is InChI=1S/C8H10N2O3/c1-4-3-5(9)7(11)6(10-4)8(12)13-2/h3,11H,1-2H3,(H2,9,10). The summed E-state index contributed by atoms with van der Waals surface area (Å²) in [5.74, 6) is -1.04. The molecule has 0 amide bonds. The van der Waals surface area contributed by atoms with Crippen LogP contribution in [0.3, 0.4) is 0 Å². The minimum absolute atomic E-state index is 0.118. The average Bonchev–Trinajstić information content (AvgIpc) is 2.10. The molecule has 0 aliphatic heterocycles. The van der Waals surface area contributed by atoms with Gasteiger partial charge in [-0.1, -0.05) is 0 Å². The van der Waals surface area contributed by atoms with Gasteiger partial charge in [-0.15, -0.1) is 0 Å². The molecular weight excluding hydrogens is 172 g/mol. The van der Waals surface area contributed by atoms with Crippen LogP contribution in [-0.4, -0.2) is 23.2 Å². The number of aryl methyl sites for hydroxylation is 1. The third kappa shape index (κ3) is 1.69. The highest BCUT2D eigenvalue weighted by Crippen LogP contribution is 2.24. The number of aromatic nitrogens is 1. The third-order valence-electron chi connectivity index (χ3n) is 1.53. The van der Waals surface area contributed by atoms with Crippen LogP contribution in [0.2, 0.25) is 0 Å². The Hall–Kier alpha value is -1.78. The van der Waals surface area contributed by atoms with Crippen LogP contribution >= 0.6 is 0 Å². The Labute approximate surface area is 75.2 Å². The van der Waals surface area contributed by atoms with E-state index in [0.717, 1.165) is 0 Å². The third-order valence-corrected chi connectivity index (χ3v) is 1.53. The largest absolute Gasteiger partial charge is 0.504 e. The normalized spacial score (nSPS) is 9.69. The van der Waals surface area contributed by atoms with Crippen LogP contribution in [0.4, 0.5) is 5.69 Å². The minimum Gasteiger partial charge on any atom is -0.504 e. The van der Waals surface area contributed by atoms with Gasteiger partial charge in [-0.3, -0.25) is 0 Å². The molecule has 1 rings (SSSR count). The topological polar surface area (TPSA) is 85.4 Å². The molecule has 0 unspecified atom stereocenters. The summed E-state index contributed by atoms with van der Waals surface area (Å²) >= 11 is 0. The summed E-state index contributed by atoms with van der Waals surface area (Å²) in [5.41, 5.74) is 5.93. The summed E-state index contributed by atoms with van der Waals surface area (Å²) in [4.78, 5) is 14.8. The second kappa shape index (κ2) is 3.30. The molecule has 5 nitrogen and oxygen atoms in total. The number of esters is 1. The Morgan fingerprint density at radius 1 is 1.69 bits per heavy atom. The number of methoxy groups -OCH3 is 1.